The predicted molar refractivity (Wildman–Crippen MR) is 230 cm³/mol. The molecule has 0 saturated carbocycles. The van der Waals surface area contributed by atoms with Crippen LogP contribution >= 0.6 is 0 Å². The fourth-order valence-electron chi connectivity index (χ4n) is 6.67. The molecule has 0 aromatic carbocycles. The SMILES string of the molecule is COC1C(CO)OC(OC(C=CC(C)=CC=CC(C)=CC=CC(C)=CC=CC=C(C)C=CC=C(C)C=CC2=C(C)CC(O)CC2(C)C)C(C)(C)O)C(OC)C1O. The average Bonchev–Trinajstić information content (AvgIpc) is 3.10. The summed E-state index contributed by atoms with van der Waals surface area (Å²) in [5.41, 5.74) is 6.77. The fourth-order valence-corrected chi connectivity index (χ4v) is 6.67. The highest BCUT2D eigenvalue weighted by Gasteiger charge is 2.47. The van der Waals surface area contributed by atoms with Gasteiger partial charge in [-0.3, -0.25) is 0 Å². The molecular formula is C48H70O8. The second-order valence-electron chi connectivity index (χ2n) is 16.2. The van der Waals surface area contributed by atoms with Gasteiger partial charge in [0.1, 0.15) is 30.5 Å². The summed E-state index contributed by atoms with van der Waals surface area (Å²) in [6.07, 6.45) is 30.4. The topological polar surface area (TPSA) is 118 Å². The number of hydrogen-bond acceptors (Lipinski definition) is 8. The summed E-state index contributed by atoms with van der Waals surface area (Å²) >= 11 is 0. The first-order valence-corrected chi connectivity index (χ1v) is 19.5. The number of hydrogen-bond donors (Lipinski definition) is 4. The molecule has 0 aromatic heterocycles. The maximum atomic E-state index is 10.8. The van der Waals surface area contributed by atoms with Gasteiger partial charge in [-0.1, -0.05) is 151 Å². The van der Waals surface area contributed by atoms with Crippen LogP contribution in [0.1, 0.15) is 82.1 Å². The van der Waals surface area contributed by atoms with Crippen LogP contribution in [-0.4, -0.2) is 89.8 Å². The van der Waals surface area contributed by atoms with Crippen molar-refractivity contribution in [1.29, 1.82) is 0 Å². The normalized spacial score (nSPS) is 27.5. The molecule has 0 radical (unpaired) electrons. The van der Waals surface area contributed by atoms with Gasteiger partial charge in [0.25, 0.3) is 0 Å². The number of ether oxygens (including phenoxy) is 4. The van der Waals surface area contributed by atoms with Crippen LogP contribution in [0.2, 0.25) is 0 Å². The number of methoxy groups -OCH3 is 2. The molecule has 7 unspecified atom stereocenters. The van der Waals surface area contributed by atoms with Crippen molar-refractivity contribution in [3.05, 3.63) is 142 Å². The van der Waals surface area contributed by atoms with Gasteiger partial charge in [0.2, 0.25) is 0 Å². The molecule has 4 N–H and O–H groups in total. The maximum Gasteiger partial charge on any atom is 0.187 e. The molecule has 310 valence electrons. The summed E-state index contributed by atoms with van der Waals surface area (Å²) in [5, 5.41) is 41.5. The zero-order valence-electron chi connectivity index (χ0n) is 35.9. The average molecular weight is 775 g/mol. The first-order chi connectivity index (χ1) is 26.3. The quantitative estimate of drug-likeness (QED) is 0.102. The van der Waals surface area contributed by atoms with E-state index in [0.29, 0.717) is 0 Å². The molecule has 0 aromatic rings. The van der Waals surface area contributed by atoms with Gasteiger partial charge in [0.05, 0.1) is 18.3 Å². The summed E-state index contributed by atoms with van der Waals surface area (Å²) < 4.78 is 22.8. The minimum Gasteiger partial charge on any atom is -0.394 e. The van der Waals surface area contributed by atoms with E-state index in [1.165, 1.54) is 30.9 Å². The van der Waals surface area contributed by atoms with Gasteiger partial charge < -0.3 is 39.4 Å². The van der Waals surface area contributed by atoms with E-state index in [9.17, 15) is 20.4 Å². The van der Waals surface area contributed by atoms with Gasteiger partial charge in [-0.25, -0.2) is 0 Å². The highest BCUT2D eigenvalue weighted by atomic mass is 16.7. The van der Waals surface area contributed by atoms with E-state index in [0.717, 1.165) is 35.1 Å². The van der Waals surface area contributed by atoms with Crippen LogP contribution in [0.25, 0.3) is 0 Å². The van der Waals surface area contributed by atoms with Crippen molar-refractivity contribution in [3.63, 3.8) is 0 Å². The molecule has 2 rings (SSSR count). The third kappa shape index (κ3) is 16.6. The van der Waals surface area contributed by atoms with Crippen molar-refractivity contribution in [2.24, 2.45) is 5.41 Å². The van der Waals surface area contributed by atoms with E-state index in [1.807, 2.05) is 62.5 Å². The molecule has 0 bridgehead atoms. The largest absolute Gasteiger partial charge is 0.394 e. The molecule has 1 fully saturated rings. The first kappa shape index (κ1) is 48.7. The van der Waals surface area contributed by atoms with E-state index in [2.05, 4.69) is 90.2 Å². The van der Waals surface area contributed by atoms with Gasteiger partial charge >= 0.3 is 0 Å². The molecule has 8 heteroatoms. The van der Waals surface area contributed by atoms with Gasteiger partial charge in [0.15, 0.2) is 6.29 Å². The lowest BCUT2D eigenvalue weighted by Crippen LogP contribution is -2.61. The Kier molecular flexibility index (Phi) is 20.6. The molecule has 8 nitrogen and oxygen atoms in total. The van der Waals surface area contributed by atoms with Crippen LogP contribution in [0, 0.1) is 5.41 Å². The molecule has 0 spiro atoms. The Balaban J connectivity index is 1.93. The summed E-state index contributed by atoms with van der Waals surface area (Å²) in [6, 6.07) is 0. The highest BCUT2D eigenvalue weighted by Crippen LogP contribution is 2.41. The number of rotatable bonds is 18. The lowest BCUT2D eigenvalue weighted by Gasteiger charge is -2.44. The van der Waals surface area contributed by atoms with Crippen molar-refractivity contribution in [1.82, 2.24) is 0 Å². The van der Waals surface area contributed by atoms with E-state index >= 15 is 0 Å². The van der Waals surface area contributed by atoms with E-state index in [1.54, 1.807) is 19.9 Å². The summed E-state index contributed by atoms with van der Waals surface area (Å²) in [4.78, 5) is 0. The van der Waals surface area contributed by atoms with E-state index in [-0.39, 0.29) is 18.1 Å². The Morgan fingerprint density at radius 1 is 0.768 bits per heavy atom. The third-order valence-electron chi connectivity index (χ3n) is 9.83. The summed E-state index contributed by atoms with van der Waals surface area (Å²) in [7, 11) is 2.86. The minimum atomic E-state index is -1.28. The first-order valence-electron chi connectivity index (χ1n) is 19.5. The van der Waals surface area contributed by atoms with Gasteiger partial charge in [-0.15, -0.1) is 0 Å². The molecule has 56 heavy (non-hydrogen) atoms. The van der Waals surface area contributed by atoms with Crippen molar-refractivity contribution in [2.75, 3.05) is 20.8 Å². The third-order valence-corrected chi connectivity index (χ3v) is 9.83. The number of allylic oxidation sites excluding steroid dienone is 22. The molecular weight excluding hydrogens is 705 g/mol. The molecule has 7 atom stereocenters. The lowest BCUT2D eigenvalue weighted by molar-refractivity contribution is -0.323. The van der Waals surface area contributed by atoms with Crippen LogP contribution in [0.4, 0.5) is 0 Å². The van der Waals surface area contributed by atoms with E-state index in [4.69, 9.17) is 18.9 Å². The highest BCUT2D eigenvalue weighted by molar-refractivity contribution is 5.38. The standard InChI is InChI=1S/C48H70O8/c1-33(18-13-14-19-34(2)21-16-24-36(4)26-28-40-38(6)30-39(50)31-47(40,7)8)20-15-22-35(3)23-17-25-37(5)27-29-42(48(9,10)52)56-46-45(54-12)43(51)44(53-11)41(32-49)55-46/h13-29,39,41-46,49-52H,30-32H2,1-12H3. The number of aliphatic hydroxyl groups excluding tert-OH is 3. The predicted octanol–water partition coefficient (Wildman–Crippen LogP) is 8.82. The van der Waals surface area contributed by atoms with Crippen LogP contribution in [-0.2, 0) is 18.9 Å². The molecule has 1 heterocycles. The van der Waals surface area contributed by atoms with Crippen molar-refractivity contribution in [3.8, 4) is 0 Å². The second-order valence-corrected chi connectivity index (χ2v) is 16.2. The molecule has 1 aliphatic heterocycles. The zero-order chi connectivity index (χ0) is 42.1. The van der Waals surface area contributed by atoms with Crippen molar-refractivity contribution >= 4 is 0 Å². The monoisotopic (exact) mass is 775 g/mol. The van der Waals surface area contributed by atoms with Crippen LogP contribution in [0.15, 0.2) is 142 Å². The van der Waals surface area contributed by atoms with Crippen LogP contribution < -0.4 is 0 Å². The molecule has 1 saturated heterocycles. The van der Waals surface area contributed by atoms with Crippen molar-refractivity contribution in [2.45, 2.75) is 131 Å². The molecule has 0 amide bonds. The Morgan fingerprint density at radius 3 is 1.68 bits per heavy atom. The van der Waals surface area contributed by atoms with Crippen LogP contribution in [0.5, 0.6) is 0 Å². The van der Waals surface area contributed by atoms with Gasteiger partial charge in [-0.05, 0) is 79.2 Å². The smallest absolute Gasteiger partial charge is 0.187 e. The molecule has 1 aliphatic carbocycles. The Morgan fingerprint density at radius 2 is 1.23 bits per heavy atom. The Labute approximate surface area is 337 Å². The minimum absolute atomic E-state index is 0.0190. The lowest BCUT2D eigenvalue weighted by atomic mass is 9.71. The summed E-state index contributed by atoms with van der Waals surface area (Å²) in [5.74, 6) is 0. The zero-order valence-corrected chi connectivity index (χ0v) is 35.9. The Hall–Kier alpha value is -3.44. The van der Waals surface area contributed by atoms with Gasteiger partial charge in [-0.2, -0.15) is 0 Å². The summed E-state index contributed by atoms with van der Waals surface area (Å²) in [6.45, 7) is 19.6. The van der Waals surface area contributed by atoms with E-state index < -0.39 is 42.4 Å². The second kappa shape index (κ2) is 23.7. The fraction of sp³-hybridized carbons (Fsp3) is 0.500. The molecule has 2 aliphatic rings. The Bertz CT molecular complexity index is 1630. The maximum absolute atomic E-state index is 10.8. The van der Waals surface area contributed by atoms with Crippen LogP contribution in [0.3, 0.4) is 0 Å². The van der Waals surface area contributed by atoms with Gasteiger partial charge in [0, 0.05) is 14.2 Å². The van der Waals surface area contributed by atoms with Crippen molar-refractivity contribution < 1.29 is 39.4 Å². The number of aliphatic hydroxyl groups is 4.